The molecule has 0 spiro atoms. The SMILES string of the molecule is CCCN(CC(=O)Nc1nc(CC(=O)NCc2ccc3c(c2)OCO3)cs1)C(=O)c1ccc(Cl)cc1. The Balaban J connectivity index is 1.26. The number of benzene rings is 2. The van der Waals surface area contributed by atoms with Gasteiger partial charge in [0.1, 0.15) is 6.54 Å². The number of amides is 3. The van der Waals surface area contributed by atoms with Gasteiger partial charge in [0.15, 0.2) is 16.6 Å². The van der Waals surface area contributed by atoms with Gasteiger partial charge in [-0.25, -0.2) is 4.98 Å². The molecule has 0 saturated carbocycles. The van der Waals surface area contributed by atoms with Gasteiger partial charge >= 0.3 is 0 Å². The smallest absolute Gasteiger partial charge is 0.254 e. The lowest BCUT2D eigenvalue weighted by Crippen LogP contribution is -2.38. The second kappa shape index (κ2) is 11.9. The van der Waals surface area contributed by atoms with Crippen LogP contribution >= 0.6 is 22.9 Å². The van der Waals surface area contributed by atoms with Gasteiger partial charge in [-0.3, -0.25) is 14.4 Å². The Kier molecular flexibility index (Phi) is 8.40. The highest BCUT2D eigenvalue weighted by atomic mass is 35.5. The van der Waals surface area contributed by atoms with Crippen LogP contribution in [0.4, 0.5) is 5.13 Å². The van der Waals surface area contributed by atoms with Gasteiger partial charge < -0.3 is 25.0 Å². The Hall–Kier alpha value is -3.63. The molecule has 3 aromatic rings. The molecule has 2 N–H and O–H groups in total. The summed E-state index contributed by atoms with van der Waals surface area (Å²) in [5.74, 6) is 0.545. The molecule has 1 aliphatic rings. The fourth-order valence-electron chi connectivity index (χ4n) is 3.55. The van der Waals surface area contributed by atoms with Crippen molar-refractivity contribution in [2.45, 2.75) is 26.3 Å². The molecule has 36 heavy (non-hydrogen) atoms. The normalized spacial score (nSPS) is 11.7. The first-order chi connectivity index (χ1) is 17.4. The third-order valence-electron chi connectivity index (χ3n) is 5.27. The highest BCUT2D eigenvalue weighted by Gasteiger charge is 2.19. The molecular weight excluding hydrogens is 504 g/mol. The van der Waals surface area contributed by atoms with Gasteiger partial charge in [-0.2, -0.15) is 0 Å². The maximum Gasteiger partial charge on any atom is 0.254 e. The minimum absolute atomic E-state index is 0.0773. The molecule has 2 heterocycles. The average molecular weight is 529 g/mol. The van der Waals surface area contributed by atoms with Crippen molar-refractivity contribution >= 4 is 45.8 Å². The molecule has 1 aliphatic heterocycles. The standard InChI is InChI=1S/C25H25ClN4O5S/c1-2-9-30(24(33)17-4-6-18(26)7-5-17)13-23(32)29-25-28-19(14-36-25)11-22(31)27-12-16-3-8-20-21(10-16)35-15-34-20/h3-8,10,14H,2,9,11-13,15H2,1H3,(H,27,31)(H,28,29,32). The molecule has 0 unspecified atom stereocenters. The van der Waals surface area contributed by atoms with Gasteiger partial charge in [0.05, 0.1) is 12.1 Å². The zero-order valence-corrected chi connectivity index (χ0v) is 21.2. The van der Waals surface area contributed by atoms with E-state index in [0.29, 0.717) is 52.4 Å². The molecular formula is C25H25ClN4O5S. The Morgan fingerprint density at radius 1 is 1.08 bits per heavy atom. The zero-order chi connectivity index (χ0) is 25.5. The number of thiazole rings is 1. The molecule has 0 radical (unpaired) electrons. The molecule has 0 fully saturated rings. The van der Waals surface area contributed by atoms with E-state index in [2.05, 4.69) is 15.6 Å². The van der Waals surface area contributed by atoms with E-state index in [1.165, 1.54) is 16.2 Å². The van der Waals surface area contributed by atoms with Crippen molar-refractivity contribution in [3.05, 3.63) is 69.7 Å². The van der Waals surface area contributed by atoms with Crippen molar-refractivity contribution in [2.75, 3.05) is 25.2 Å². The second-order valence-corrected chi connectivity index (χ2v) is 9.36. The third kappa shape index (κ3) is 6.73. The van der Waals surface area contributed by atoms with Gasteiger partial charge in [-0.05, 0) is 48.4 Å². The predicted octanol–water partition coefficient (Wildman–Crippen LogP) is 3.88. The van der Waals surface area contributed by atoms with Crippen molar-refractivity contribution in [1.29, 1.82) is 0 Å². The van der Waals surface area contributed by atoms with Gasteiger partial charge in [0.2, 0.25) is 18.6 Å². The van der Waals surface area contributed by atoms with Gasteiger partial charge in [0.25, 0.3) is 5.91 Å². The van der Waals surface area contributed by atoms with Crippen LogP contribution in [0.15, 0.2) is 47.8 Å². The largest absolute Gasteiger partial charge is 0.454 e. The molecule has 188 valence electrons. The topological polar surface area (TPSA) is 110 Å². The first-order valence-corrected chi connectivity index (χ1v) is 12.6. The van der Waals surface area contributed by atoms with E-state index >= 15 is 0 Å². The summed E-state index contributed by atoms with van der Waals surface area (Å²) in [6, 6.07) is 12.1. The van der Waals surface area contributed by atoms with Crippen LogP contribution in [0, 0.1) is 0 Å². The first-order valence-electron chi connectivity index (χ1n) is 11.4. The number of ether oxygens (including phenoxy) is 2. The fourth-order valence-corrected chi connectivity index (χ4v) is 4.41. The highest BCUT2D eigenvalue weighted by molar-refractivity contribution is 7.13. The zero-order valence-electron chi connectivity index (χ0n) is 19.6. The molecule has 9 nitrogen and oxygen atoms in total. The molecule has 1 aromatic heterocycles. The lowest BCUT2D eigenvalue weighted by molar-refractivity contribution is -0.120. The number of nitrogens with zero attached hydrogens (tertiary/aromatic N) is 2. The lowest BCUT2D eigenvalue weighted by Gasteiger charge is -2.21. The molecule has 11 heteroatoms. The first kappa shape index (κ1) is 25.5. The number of carbonyl (C=O) groups is 3. The molecule has 0 bridgehead atoms. The molecule has 2 aromatic carbocycles. The Bertz CT molecular complexity index is 1250. The summed E-state index contributed by atoms with van der Waals surface area (Å²) in [5, 5.41) is 8.19. The number of hydrogen-bond acceptors (Lipinski definition) is 7. The van der Waals surface area contributed by atoms with Crippen molar-refractivity contribution < 1.29 is 23.9 Å². The maximum atomic E-state index is 12.8. The van der Waals surface area contributed by atoms with E-state index < -0.39 is 0 Å². The van der Waals surface area contributed by atoms with Gasteiger partial charge in [-0.1, -0.05) is 24.6 Å². The van der Waals surface area contributed by atoms with E-state index in [9.17, 15) is 14.4 Å². The number of hydrogen-bond donors (Lipinski definition) is 2. The van der Waals surface area contributed by atoms with Crippen LogP contribution in [0.3, 0.4) is 0 Å². The van der Waals surface area contributed by atoms with E-state index in [-0.39, 0.29) is 37.5 Å². The average Bonchev–Trinajstić information content (AvgIpc) is 3.51. The van der Waals surface area contributed by atoms with E-state index in [1.54, 1.807) is 29.6 Å². The van der Waals surface area contributed by atoms with Crippen molar-refractivity contribution in [2.24, 2.45) is 0 Å². The summed E-state index contributed by atoms with van der Waals surface area (Å²) in [7, 11) is 0. The summed E-state index contributed by atoms with van der Waals surface area (Å²) >= 11 is 7.12. The van der Waals surface area contributed by atoms with Crippen LogP contribution in [-0.2, 0) is 22.6 Å². The fraction of sp³-hybridized carbons (Fsp3) is 0.280. The molecule has 0 aliphatic carbocycles. The third-order valence-corrected chi connectivity index (χ3v) is 6.33. The highest BCUT2D eigenvalue weighted by Crippen LogP contribution is 2.32. The quantitative estimate of drug-likeness (QED) is 0.413. The number of nitrogens with one attached hydrogen (secondary N) is 2. The Morgan fingerprint density at radius 2 is 1.86 bits per heavy atom. The van der Waals surface area contributed by atoms with Crippen LogP contribution < -0.4 is 20.1 Å². The Morgan fingerprint density at radius 3 is 2.64 bits per heavy atom. The number of anilines is 1. The summed E-state index contributed by atoms with van der Waals surface area (Å²) in [6.45, 7) is 2.80. The summed E-state index contributed by atoms with van der Waals surface area (Å²) in [5.41, 5.74) is 1.90. The predicted molar refractivity (Wildman–Crippen MR) is 137 cm³/mol. The molecule has 0 saturated heterocycles. The monoisotopic (exact) mass is 528 g/mol. The minimum atomic E-state index is -0.362. The Labute approximate surface area is 217 Å². The van der Waals surface area contributed by atoms with Crippen LogP contribution in [-0.4, -0.2) is 47.5 Å². The summed E-state index contributed by atoms with van der Waals surface area (Å²) < 4.78 is 10.6. The second-order valence-electron chi connectivity index (χ2n) is 8.07. The van der Waals surface area contributed by atoms with Crippen molar-refractivity contribution in [3.8, 4) is 11.5 Å². The van der Waals surface area contributed by atoms with Gasteiger partial charge in [-0.15, -0.1) is 11.3 Å². The number of halogens is 1. The molecule has 0 atom stereocenters. The van der Waals surface area contributed by atoms with Crippen LogP contribution in [0.1, 0.15) is 35.0 Å². The number of aromatic nitrogens is 1. The van der Waals surface area contributed by atoms with E-state index in [0.717, 1.165) is 5.56 Å². The number of carbonyl (C=O) groups excluding carboxylic acids is 3. The maximum absolute atomic E-state index is 12.8. The summed E-state index contributed by atoms with van der Waals surface area (Å²) in [4.78, 5) is 43.6. The van der Waals surface area contributed by atoms with E-state index in [1.807, 2.05) is 25.1 Å². The molecule has 3 amide bonds. The minimum Gasteiger partial charge on any atom is -0.454 e. The number of fused-ring (bicyclic) bond motifs is 1. The summed E-state index contributed by atoms with van der Waals surface area (Å²) in [6.07, 6.45) is 0.781. The molecule has 4 rings (SSSR count). The van der Waals surface area contributed by atoms with Crippen LogP contribution in [0.5, 0.6) is 11.5 Å². The van der Waals surface area contributed by atoms with Crippen molar-refractivity contribution in [3.63, 3.8) is 0 Å². The van der Waals surface area contributed by atoms with E-state index in [4.69, 9.17) is 21.1 Å². The van der Waals surface area contributed by atoms with Crippen LogP contribution in [0.25, 0.3) is 0 Å². The number of rotatable bonds is 10. The van der Waals surface area contributed by atoms with Crippen LogP contribution in [0.2, 0.25) is 5.02 Å². The van der Waals surface area contributed by atoms with Gasteiger partial charge in [0, 0.05) is 29.1 Å². The van der Waals surface area contributed by atoms with Crippen molar-refractivity contribution in [1.82, 2.24) is 15.2 Å². The lowest BCUT2D eigenvalue weighted by atomic mass is 10.2.